The van der Waals surface area contributed by atoms with Gasteiger partial charge >= 0.3 is 12.1 Å². The molecule has 0 atom stereocenters. The van der Waals surface area contributed by atoms with Gasteiger partial charge in [-0.05, 0) is 74.9 Å². The van der Waals surface area contributed by atoms with Gasteiger partial charge in [-0.15, -0.1) is 11.8 Å². The van der Waals surface area contributed by atoms with Gasteiger partial charge in [-0.25, -0.2) is 9.59 Å². The molecule has 7 heteroatoms. The molecule has 1 aliphatic rings. The number of carbonyl (C=O) groups is 2. The summed E-state index contributed by atoms with van der Waals surface area (Å²) in [5, 5.41) is 5.74. The predicted molar refractivity (Wildman–Crippen MR) is 118 cm³/mol. The lowest BCUT2D eigenvalue weighted by Gasteiger charge is -2.31. The molecule has 0 saturated carbocycles. The lowest BCUT2D eigenvalue weighted by Crippen LogP contribution is -2.39. The third-order valence-electron chi connectivity index (χ3n) is 4.46. The lowest BCUT2D eigenvalue weighted by atomic mass is 9.99. The van der Waals surface area contributed by atoms with Crippen molar-refractivity contribution in [3.8, 4) is 0 Å². The van der Waals surface area contributed by atoms with Crippen LogP contribution in [0.25, 0.3) is 0 Å². The van der Waals surface area contributed by atoms with Crippen molar-refractivity contribution in [1.82, 2.24) is 4.90 Å². The van der Waals surface area contributed by atoms with Crippen molar-refractivity contribution in [3.05, 3.63) is 53.6 Å². The zero-order valence-corrected chi connectivity index (χ0v) is 18.1. The molecule has 154 valence electrons. The lowest BCUT2D eigenvalue weighted by molar-refractivity contribution is 0.0224. The van der Waals surface area contributed by atoms with Crippen molar-refractivity contribution in [2.45, 2.75) is 44.2 Å². The van der Waals surface area contributed by atoms with Gasteiger partial charge in [0.15, 0.2) is 0 Å². The third kappa shape index (κ3) is 5.90. The van der Waals surface area contributed by atoms with E-state index in [2.05, 4.69) is 10.6 Å². The quantitative estimate of drug-likeness (QED) is 0.666. The van der Waals surface area contributed by atoms with Gasteiger partial charge in [0.05, 0.1) is 0 Å². The molecule has 3 rings (SSSR count). The van der Waals surface area contributed by atoms with E-state index >= 15 is 0 Å². The van der Waals surface area contributed by atoms with Gasteiger partial charge in [0, 0.05) is 29.4 Å². The van der Waals surface area contributed by atoms with Crippen LogP contribution in [0.3, 0.4) is 0 Å². The number of carbonyl (C=O) groups excluding carboxylic acids is 2. The van der Waals surface area contributed by atoms with Gasteiger partial charge in [0.1, 0.15) is 5.60 Å². The van der Waals surface area contributed by atoms with Gasteiger partial charge in [0.2, 0.25) is 0 Å². The Hall–Kier alpha value is -2.67. The first-order valence-corrected chi connectivity index (χ1v) is 10.8. The van der Waals surface area contributed by atoms with E-state index in [1.54, 1.807) is 16.7 Å². The van der Waals surface area contributed by atoms with E-state index in [0.29, 0.717) is 13.1 Å². The highest BCUT2D eigenvalue weighted by Crippen LogP contribution is 2.24. The van der Waals surface area contributed by atoms with Crippen LogP contribution in [0.15, 0.2) is 47.4 Å². The highest BCUT2D eigenvalue weighted by Gasteiger charge is 2.25. The van der Waals surface area contributed by atoms with Crippen molar-refractivity contribution < 1.29 is 14.3 Å². The van der Waals surface area contributed by atoms with Gasteiger partial charge in [-0.2, -0.15) is 0 Å². The number of fused-ring (bicyclic) bond motifs is 1. The predicted octanol–water partition coefficient (Wildman–Crippen LogP) is 5.35. The molecule has 0 unspecified atom stereocenters. The Labute approximate surface area is 176 Å². The fourth-order valence-corrected chi connectivity index (χ4v) is 3.57. The topological polar surface area (TPSA) is 70.7 Å². The van der Waals surface area contributed by atoms with Crippen LogP contribution in [0, 0.1) is 0 Å². The van der Waals surface area contributed by atoms with Crippen LogP contribution in [-0.4, -0.2) is 35.4 Å². The number of rotatable bonds is 3. The Kier molecular flexibility index (Phi) is 6.37. The van der Waals surface area contributed by atoms with Gasteiger partial charge in [-0.1, -0.05) is 12.1 Å². The van der Waals surface area contributed by atoms with Crippen LogP contribution in [0.5, 0.6) is 0 Å². The number of hydrogen-bond acceptors (Lipinski definition) is 4. The van der Waals surface area contributed by atoms with E-state index in [-0.39, 0.29) is 12.1 Å². The number of nitrogens with one attached hydrogen (secondary N) is 2. The van der Waals surface area contributed by atoms with Crippen molar-refractivity contribution in [1.29, 1.82) is 0 Å². The minimum atomic E-state index is -0.506. The van der Waals surface area contributed by atoms with Crippen molar-refractivity contribution in [2.75, 3.05) is 23.4 Å². The van der Waals surface area contributed by atoms with E-state index < -0.39 is 5.60 Å². The maximum Gasteiger partial charge on any atom is 0.410 e. The van der Waals surface area contributed by atoms with Gasteiger partial charge < -0.3 is 20.3 Å². The summed E-state index contributed by atoms with van der Waals surface area (Å²) < 4.78 is 5.46. The molecule has 6 nitrogen and oxygen atoms in total. The number of amides is 3. The van der Waals surface area contributed by atoms with Crippen LogP contribution in [0.2, 0.25) is 0 Å². The second kappa shape index (κ2) is 8.78. The Morgan fingerprint density at radius 1 is 1.03 bits per heavy atom. The van der Waals surface area contributed by atoms with E-state index in [0.717, 1.165) is 33.8 Å². The molecule has 0 spiro atoms. The van der Waals surface area contributed by atoms with E-state index in [1.807, 2.05) is 69.5 Å². The largest absolute Gasteiger partial charge is 0.444 e. The van der Waals surface area contributed by atoms with Crippen molar-refractivity contribution >= 4 is 35.3 Å². The monoisotopic (exact) mass is 413 g/mol. The molecule has 0 bridgehead atoms. The number of benzene rings is 2. The van der Waals surface area contributed by atoms with Crippen LogP contribution >= 0.6 is 11.8 Å². The fourth-order valence-electron chi connectivity index (χ4n) is 3.11. The normalized spacial score (nSPS) is 13.4. The summed E-state index contributed by atoms with van der Waals surface area (Å²) in [6.45, 7) is 6.70. The Bertz CT molecular complexity index is 908. The summed E-state index contributed by atoms with van der Waals surface area (Å²) in [6.07, 6.45) is 2.43. The van der Waals surface area contributed by atoms with Gasteiger partial charge in [0.25, 0.3) is 0 Å². The Morgan fingerprint density at radius 2 is 1.76 bits per heavy atom. The molecule has 1 heterocycles. The first kappa shape index (κ1) is 21.0. The second-order valence-corrected chi connectivity index (χ2v) is 8.83. The highest BCUT2D eigenvalue weighted by molar-refractivity contribution is 7.98. The number of thioether (sulfide) groups is 1. The van der Waals surface area contributed by atoms with Crippen LogP contribution in [0.4, 0.5) is 21.0 Å². The van der Waals surface area contributed by atoms with Crippen molar-refractivity contribution in [3.63, 3.8) is 0 Å². The molecule has 1 aliphatic heterocycles. The number of ether oxygens (including phenoxy) is 1. The molecular formula is C22H27N3O3S. The van der Waals surface area contributed by atoms with Crippen LogP contribution < -0.4 is 10.6 Å². The fraction of sp³-hybridized carbons (Fsp3) is 0.364. The van der Waals surface area contributed by atoms with Gasteiger partial charge in [-0.3, -0.25) is 0 Å². The number of anilines is 2. The van der Waals surface area contributed by atoms with E-state index in [4.69, 9.17) is 4.74 Å². The summed E-state index contributed by atoms with van der Waals surface area (Å²) in [5.41, 5.74) is 3.18. The summed E-state index contributed by atoms with van der Waals surface area (Å²) in [7, 11) is 0. The van der Waals surface area contributed by atoms with E-state index in [9.17, 15) is 9.59 Å². The summed E-state index contributed by atoms with van der Waals surface area (Å²) in [5.74, 6) is 0. The van der Waals surface area contributed by atoms with Crippen LogP contribution in [0.1, 0.15) is 31.9 Å². The average Bonchev–Trinajstić information content (AvgIpc) is 2.66. The SMILES string of the molecule is CSc1cccc(NC(=O)Nc2ccc3c(c2)CCN(C(=O)OC(C)(C)C)C3)c1. The molecular weight excluding hydrogens is 386 g/mol. The molecule has 2 aromatic rings. The minimum Gasteiger partial charge on any atom is -0.444 e. The first-order valence-electron chi connectivity index (χ1n) is 9.55. The summed E-state index contributed by atoms with van der Waals surface area (Å²) >= 11 is 1.63. The Morgan fingerprint density at radius 3 is 2.45 bits per heavy atom. The van der Waals surface area contributed by atoms with Crippen molar-refractivity contribution in [2.24, 2.45) is 0 Å². The molecule has 0 aliphatic carbocycles. The molecule has 0 radical (unpaired) electrons. The average molecular weight is 414 g/mol. The molecule has 2 aromatic carbocycles. The third-order valence-corrected chi connectivity index (χ3v) is 5.18. The maximum atomic E-state index is 12.3. The minimum absolute atomic E-state index is 0.283. The van der Waals surface area contributed by atoms with Crippen LogP contribution in [-0.2, 0) is 17.7 Å². The first-order chi connectivity index (χ1) is 13.7. The molecule has 0 saturated heterocycles. The maximum absolute atomic E-state index is 12.3. The number of nitrogens with zero attached hydrogens (tertiary/aromatic N) is 1. The number of hydrogen-bond donors (Lipinski definition) is 2. The molecule has 3 amide bonds. The zero-order chi connectivity index (χ0) is 21.0. The Balaban J connectivity index is 1.61. The molecule has 0 aromatic heterocycles. The number of urea groups is 1. The van der Waals surface area contributed by atoms with E-state index in [1.165, 1.54) is 0 Å². The smallest absolute Gasteiger partial charge is 0.410 e. The summed E-state index contributed by atoms with van der Waals surface area (Å²) in [6, 6.07) is 13.2. The molecule has 2 N–H and O–H groups in total. The zero-order valence-electron chi connectivity index (χ0n) is 17.2. The molecule has 0 fully saturated rings. The standard InChI is InChI=1S/C22H27N3O3S/c1-22(2,3)28-21(27)25-11-10-15-12-18(9-8-16(15)14-25)24-20(26)23-17-6-5-7-19(13-17)29-4/h5-9,12-13H,10-11,14H2,1-4H3,(H2,23,24,26). The summed E-state index contributed by atoms with van der Waals surface area (Å²) in [4.78, 5) is 27.4. The highest BCUT2D eigenvalue weighted by atomic mass is 32.2. The molecule has 29 heavy (non-hydrogen) atoms. The second-order valence-electron chi connectivity index (χ2n) is 7.95.